The maximum atomic E-state index is 12.0. The molecule has 1 heterocycles. The summed E-state index contributed by atoms with van der Waals surface area (Å²) in [5, 5.41) is 19.8. The highest BCUT2D eigenvalue weighted by Crippen LogP contribution is 2.18. The number of aliphatic hydroxyl groups is 1. The van der Waals surface area contributed by atoms with Crippen molar-refractivity contribution in [2.24, 2.45) is 0 Å². The third kappa shape index (κ3) is 3.21. The molecule has 0 bridgehead atoms. The number of hydrogen-bond acceptors (Lipinski definition) is 4. The summed E-state index contributed by atoms with van der Waals surface area (Å²) in [6, 6.07) is 5.98. The summed E-state index contributed by atoms with van der Waals surface area (Å²) < 4.78 is 0. The molecule has 1 atom stereocenters. The number of nitrogens with zero attached hydrogens (tertiary/aromatic N) is 2. The van der Waals surface area contributed by atoms with Crippen LogP contribution in [0.2, 0.25) is 0 Å². The van der Waals surface area contributed by atoms with Crippen LogP contribution in [-0.4, -0.2) is 40.0 Å². The molecule has 20 heavy (non-hydrogen) atoms. The Labute approximate surface area is 116 Å². The van der Waals surface area contributed by atoms with Gasteiger partial charge in [0.05, 0.1) is 17.6 Å². The minimum atomic E-state index is -0.471. The van der Waals surface area contributed by atoms with E-state index in [1.54, 1.807) is 23.1 Å². The van der Waals surface area contributed by atoms with E-state index in [9.17, 15) is 20.0 Å². The van der Waals surface area contributed by atoms with Crippen molar-refractivity contribution in [2.45, 2.75) is 18.9 Å². The van der Waals surface area contributed by atoms with Crippen molar-refractivity contribution in [3.63, 3.8) is 0 Å². The van der Waals surface area contributed by atoms with Crippen LogP contribution in [0.4, 0.5) is 5.69 Å². The quantitative estimate of drug-likeness (QED) is 0.514. The van der Waals surface area contributed by atoms with E-state index in [1.165, 1.54) is 18.2 Å². The van der Waals surface area contributed by atoms with Crippen molar-refractivity contribution in [3.8, 4) is 0 Å². The molecule has 0 aromatic heterocycles. The van der Waals surface area contributed by atoms with Gasteiger partial charge >= 0.3 is 0 Å². The SMILES string of the molecule is O=C(C=Cc1cccc([N+](=O)[O-])c1)N1CCCC1CO. The monoisotopic (exact) mass is 276 g/mol. The second-order valence-corrected chi connectivity index (χ2v) is 4.70. The first kappa shape index (κ1) is 14.2. The van der Waals surface area contributed by atoms with Gasteiger partial charge in [-0.05, 0) is 24.5 Å². The van der Waals surface area contributed by atoms with Crippen LogP contribution in [0, 0.1) is 10.1 Å². The van der Waals surface area contributed by atoms with Gasteiger partial charge in [0.25, 0.3) is 5.69 Å². The Hall–Kier alpha value is -2.21. The first-order chi connectivity index (χ1) is 9.61. The van der Waals surface area contributed by atoms with E-state index in [4.69, 9.17) is 0 Å². The Bertz CT molecular complexity index is 542. The van der Waals surface area contributed by atoms with Gasteiger partial charge in [-0.1, -0.05) is 12.1 Å². The van der Waals surface area contributed by atoms with Gasteiger partial charge in [-0.2, -0.15) is 0 Å². The molecule has 1 amide bonds. The minimum Gasteiger partial charge on any atom is -0.394 e. The molecule has 0 radical (unpaired) electrons. The fourth-order valence-electron chi connectivity index (χ4n) is 2.32. The first-order valence-corrected chi connectivity index (χ1v) is 6.46. The number of carbonyl (C=O) groups excluding carboxylic acids is 1. The van der Waals surface area contributed by atoms with Crippen LogP contribution >= 0.6 is 0 Å². The maximum Gasteiger partial charge on any atom is 0.270 e. The number of likely N-dealkylation sites (tertiary alicyclic amines) is 1. The highest BCUT2D eigenvalue weighted by Gasteiger charge is 2.26. The van der Waals surface area contributed by atoms with Gasteiger partial charge in [-0.15, -0.1) is 0 Å². The zero-order valence-corrected chi connectivity index (χ0v) is 10.9. The van der Waals surface area contributed by atoms with Crippen molar-refractivity contribution in [1.29, 1.82) is 0 Å². The molecular weight excluding hydrogens is 260 g/mol. The predicted octanol–water partition coefficient (Wildman–Crippen LogP) is 1.59. The molecule has 0 aliphatic carbocycles. The molecule has 1 saturated heterocycles. The fourth-order valence-corrected chi connectivity index (χ4v) is 2.32. The highest BCUT2D eigenvalue weighted by atomic mass is 16.6. The lowest BCUT2D eigenvalue weighted by Gasteiger charge is -2.21. The topological polar surface area (TPSA) is 83.7 Å². The number of hydrogen-bond donors (Lipinski definition) is 1. The number of carbonyl (C=O) groups is 1. The van der Waals surface area contributed by atoms with Gasteiger partial charge in [-0.25, -0.2) is 0 Å². The molecule has 0 saturated carbocycles. The summed E-state index contributed by atoms with van der Waals surface area (Å²) in [6.07, 6.45) is 4.66. The molecule has 2 rings (SSSR count). The van der Waals surface area contributed by atoms with Crippen LogP contribution in [-0.2, 0) is 4.79 Å². The van der Waals surface area contributed by atoms with Gasteiger partial charge in [0.1, 0.15) is 0 Å². The molecule has 1 fully saturated rings. The molecule has 106 valence electrons. The molecule has 1 unspecified atom stereocenters. The Morgan fingerprint density at radius 3 is 3.05 bits per heavy atom. The summed E-state index contributed by atoms with van der Waals surface area (Å²) in [7, 11) is 0. The zero-order chi connectivity index (χ0) is 14.5. The van der Waals surface area contributed by atoms with E-state index in [2.05, 4.69) is 0 Å². The Morgan fingerprint density at radius 2 is 2.35 bits per heavy atom. The highest BCUT2D eigenvalue weighted by molar-refractivity contribution is 5.92. The number of amides is 1. The van der Waals surface area contributed by atoms with Crippen molar-refractivity contribution >= 4 is 17.7 Å². The number of nitro benzene ring substituents is 1. The predicted molar refractivity (Wildman–Crippen MR) is 74.0 cm³/mol. The van der Waals surface area contributed by atoms with Crippen LogP contribution in [0.25, 0.3) is 6.08 Å². The smallest absolute Gasteiger partial charge is 0.270 e. The van der Waals surface area contributed by atoms with Crippen LogP contribution < -0.4 is 0 Å². The molecule has 0 spiro atoms. The van der Waals surface area contributed by atoms with E-state index in [-0.39, 0.29) is 24.2 Å². The van der Waals surface area contributed by atoms with Crippen molar-refractivity contribution in [2.75, 3.05) is 13.2 Å². The van der Waals surface area contributed by atoms with Gasteiger partial charge in [0, 0.05) is 24.8 Å². The van der Waals surface area contributed by atoms with Gasteiger partial charge in [0.2, 0.25) is 5.91 Å². The van der Waals surface area contributed by atoms with E-state index in [0.717, 1.165) is 12.8 Å². The van der Waals surface area contributed by atoms with Gasteiger partial charge in [0.15, 0.2) is 0 Å². The third-order valence-corrected chi connectivity index (χ3v) is 3.37. The standard InChI is InChI=1S/C14H16N2O4/c17-10-13-5-2-8-15(13)14(18)7-6-11-3-1-4-12(9-11)16(19)20/h1,3-4,6-7,9,13,17H,2,5,8,10H2. The Balaban J connectivity index is 2.07. The van der Waals surface area contributed by atoms with Crippen LogP contribution in [0.5, 0.6) is 0 Å². The average molecular weight is 276 g/mol. The second-order valence-electron chi connectivity index (χ2n) is 4.70. The number of benzene rings is 1. The lowest BCUT2D eigenvalue weighted by molar-refractivity contribution is -0.384. The molecule has 1 N–H and O–H groups in total. The van der Waals surface area contributed by atoms with E-state index in [1.807, 2.05) is 0 Å². The lowest BCUT2D eigenvalue weighted by Crippen LogP contribution is -2.36. The van der Waals surface area contributed by atoms with E-state index < -0.39 is 4.92 Å². The normalized spacial score (nSPS) is 18.6. The molecule has 6 nitrogen and oxygen atoms in total. The van der Waals surface area contributed by atoms with Crippen LogP contribution in [0.15, 0.2) is 30.3 Å². The molecule has 1 aromatic rings. The Kier molecular flexibility index (Phi) is 4.47. The molecule has 1 aliphatic rings. The summed E-state index contributed by atoms with van der Waals surface area (Å²) >= 11 is 0. The molecule has 1 aliphatic heterocycles. The van der Waals surface area contributed by atoms with Gasteiger partial charge < -0.3 is 10.0 Å². The third-order valence-electron chi connectivity index (χ3n) is 3.37. The van der Waals surface area contributed by atoms with Gasteiger partial charge in [-0.3, -0.25) is 14.9 Å². The summed E-state index contributed by atoms with van der Waals surface area (Å²) in [5.74, 6) is -0.173. The minimum absolute atomic E-state index is 0.00555. The lowest BCUT2D eigenvalue weighted by atomic mass is 10.2. The van der Waals surface area contributed by atoms with Crippen LogP contribution in [0.3, 0.4) is 0 Å². The van der Waals surface area contributed by atoms with E-state index >= 15 is 0 Å². The maximum absolute atomic E-state index is 12.0. The summed E-state index contributed by atoms with van der Waals surface area (Å²) in [5.41, 5.74) is 0.598. The van der Waals surface area contributed by atoms with E-state index in [0.29, 0.717) is 12.1 Å². The second kappa shape index (κ2) is 6.29. The number of non-ortho nitro benzene ring substituents is 1. The van der Waals surface area contributed by atoms with Crippen molar-refractivity contribution in [3.05, 3.63) is 46.0 Å². The molecule has 1 aromatic carbocycles. The number of aliphatic hydroxyl groups excluding tert-OH is 1. The molecule has 6 heteroatoms. The fraction of sp³-hybridized carbons (Fsp3) is 0.357. The zero-order valence-electron chi connectivity index (χ0n) is 10.9. The Morgan fingerprint density at radius 1 is 1.55 bits per heavy atom. The summed E-state index contributed by atoms with van der Waals surface area (Å²) in [6.45, 7) is 0.611. The first-order valence-electron chi connectivity index (χ1n) is 6.46. The largest absolute Gasteiger partial charge is 0.394 e. The number of rotatable bonds is 4. The van der Waals surface area contributed by atoms with Crippen molar-refractivity contribution in [1.82, 2.24) is 4.90 Å². The van der Waals surface area contributed by atoms with Crippen molar-refractivity contribution < 1.29 is 14.8 Å². The summed E-state index contributed by atoms with van der Waals surface area (Å²) in [4.78, 5) is 23.8. The van der Waals surface area contributed by atoms with Crippen LogP contribution in [0.1, 0.15) is 18.4 Å². The molecular formula is C14H16N2O4. The average Bonchev–Trinajstić information content (AvgIpc) is 2.93. The number of nitro groups is 1.